The van der Waals surface area contributed by atoms with Crippen LogP contribution in [0, 0.1) is 11.6 Å². The Kier molecular flexibility index (Phi) is 5.19. The van der Waals surface area contributed by atoms with E-state index in [9.17, 15) is 18.4 Å². The smallest absolute Gasteiger partial charge is 0.329 e. The lowest BCUT2D eigenvalue weighted by atomic mass is 10.2. The van der Waals surface area contributed by atoms with Gasteiger partial charge in [0, 0.05) is 12.1 Å². The molecule has 1 aromatic rings. The van der Waals surface area contributed by atoms with Gasteiger partial charge in [-0.25, -0.2) is 13.6 Å². The molecule has 0 unspecified atom stereocenters. The van der Waals surface area contributed by atoms with Crippen LogP contribution in [0.25, 0.3) is 0 Å². The molecule has 0 aromatic heterocycles. The molecule has 0 radical (unpaired) electrons. The van der Waals surface area contributed by atoms with Crippen LogP contribution in [-0.4, -0.2) is 36.7 Å². The van der Waals surface area contributed by atoms with Gasteiger partial charge in [0.1, 0.15) is 6.61 Å². The maximum atomic E-state index is 12.8. The Morgan fingerprint density at radius 3 is 2.61 bits per heavy atom. The molecule has 0 spiro atoms. The number of carboxylic acid groups (broad SMARTS) is 1. The number of nitrogens with one attached hydrogen (secondary N) is 1. The number of carboxylic acids is 1. The van der Waals surface area contributed by atoms with Crippen molar-refractivity contribution in [1.82, 2.24) is 5.32 Å². The molecule has 0 saturated heterocycles. The van der Waals surface area contributed by atoms with Crippen molar-refractivity contribution in [3.8, 4) is 0 Å². The van der Waals surface area contributed by atoms with Gasteiger partial charge in [0.2, 0.25) is 0 Å². The predicted molar refractivity (Wildman–Crippen MR) is 57.1 cm³/mol. The first-order valence-corrected chi connectivity index (χ1v) is 5.03. The minimum absolute atomic E-state index is 0.0156. The summed E-state index contributed by atoms with van der Waals surface area (Å²) < 4.78 is 30.1. The van der Waals surface area contributed by atoms with Gasteiger partial charge in [0.05, 0.1) is 6.61 Å². The molecule has 7 heteroatoms. The molecule has 1 rings (SSSR count). The number of carbonyl (C=O) groups excluding carboxylic acids is 1. The number of benzene rings is 1. The first kappa shape index (κ1) is 14.0. The van der Waals surface area contributed by atoms with E-state index in [0.717, 1.165) is 18.2 Å². The quantitative estimate of drug-likeness (QED) is 0.741. The molecule has 0 aliphatic heterocycles. The Balaban J connectivity index is 2.36. The van der Waals surface area contributed by atoms with Crippen molar-refractivity contribution in [2.45, 2.75) is 0 Å². The molecule has 0 fully saturated rings. The molecule has 0 saturated carbocycles. The van der Waals surface area contributed by atoms with Gasteiger partial charge in [-0.3, -0.25) is 4.79 Å². The summed E-state index contributed by atoms with van der Waals surface area (Å²) in [5.74, 6) is -3.84. The lowest BCUT2D eigenvalue weighted by Gasteiger charge is -2.05. The van der Waals surface area contributed by atoms with E-state index >= 15 is 0 Å². The topological polar surface area (TPSA) is 75.6 Å². The molecule has 1 amide bonds. The zero-order valence-corrected chi connectivity index (χ0v) is 9.28. The van der Waals surface area contributed by atoms with Gasteiger partial charge in [-0.15, -0.1) is 0 Å². The summed E-state index contributed by atoms with van der Waals surface area (Å²) in [5, 5.41) is 10.6. The third-order valence-electron chi connectivity index (χ3n) is 1.94. The second kappa shape index (κ2) is 6.65. The van der Waals surface area contributed by atoms with Crippen molar-refractivity contribution in [3.05, 3.63) is 35.4 Å². The fourth-order valence-corrected chi connectivity index (χ4v) is 1.14. The number of hydrogen-bond donors (Lipinski definition) is 2. The van der Waals surface area contributed by atoms with E-state index < -0.39 is 30.1 Å². The largest absolute Gasteiger partial charge is 0.480 e. The summed E-state index contributed by atoms with van der Waals surface area (Å²) >= 11 is 0. The Bertz CT molecular complexity index is 451. The average Bonchev–Trinajstić information content (AvgIpc) is 2.31. The normalized spacial score (nSPS) is 10.1. The lowest BCUT2D eigenvalue weighted by molar-refractivity contribution is -0.142. The van der Waals surface area contributed by atoms with Crippen LogP contribution in [0.5, 0.6) is 0 Å². The molecule has 0 atom stereocenters. The van der Waals surface area contributed by atoms with E-state index in [1.165, 1.54) is 0 Å². The molecule has 0 bridgehead atoms. The summed E-state index contributed by atoms with van der Waals surface area (Å²) in [5.41, 5.74) is -0.0212. The zero-order chi connectivity index (χ0) is 13.5. The van der Waals surface area contributed by atoms with Crippen LogP contribution in [0.3, 0.4) is 0 Å². The van der Waals surface area contributed by atoms with Crippen molar-refractivity contribution < 1.29 is 28.2 Å². The third-order valence-corrected chi connectivity index (χ3v) is 1.94. The summed E-state index contributed by atoms with van der Waals surface area (Å²) in [4.78, 5) is 21.5. The molecule has 18 heavy (non-hydrogen) atoms. The van der Waals surface area contributed by atoms with Gasteiger partial charge in [-0.1, -0.05) is 0 Å². The second-order valence-electron chi connectivity index (χ2n) is 3.33. The standard InChI is InChI=1S/C11H11F2NO4/c12-8-2-1-7(5-9(8)13)11(17)14-3-4-18-6-10(15)16/h1-2,5H,3-4,6H2,(H,14,17)(H,15,16). The molecule has 5 nitrogen and oxygen atoms in total. The van der Waals surface area contributed by atoms with Gasteiger partial charge >= 0.3 is 5.97 Å². The number of amides is 1. The number of ether oxygens (including phenoxy) is 1. The molecular weight excluding hydrogens is 248 g/mol. The van der Waals surface area contributed by atoms with Crippen molar-refractivity contribution in [3.63, 3.8) is 0 Å². The molecular formula is C11H11F2NO4. The molecule has 0 aliphatic rings. The average molecular weight is 259 g/mol. The van der Waals surface area contributed by atoms with Crippen LogP contribution in [0.2, 0.25) is 0 Å². The third kappa shape index (κ3) is 4.46. The van der Waals surface area contributed by atoms with Crippen LogP contribution in [0.4, 0.5) is 8.78 Å². The van der Waals surface area contributed by atoms with Gasteiger partial charge in [-0.2, -0.15) is 0 Å². The minimum Gasteiger partial charge on any atom is -0.480 e. The Labute approximate surface area is 101 Å². The van der Waals surface area contributed by atoms with Crippen molar-refractivity contribution >= 4 is 11.9 Å². The summed E-state index contributed by atoms with van der Waals surface area (Å²) in [6.07, 6.45) is 0. The highest BCUT2D eigenvalue weighted by Crippen LogP contribution is 2.08. The monoisotopic (exact) mass is 259 g/mol. The second-order valence-corrected chi connectivity index (χ2v) is 3.33. The van der Waals surface area contributed by atoms with E-state index in [4.69, 9.17) is 5.11 Å². The van der Waals surface area contributed by atoms with Crippen LogP contribution < -0.4 is 5.32 Å². The molecule has 1 aromatic carbocycles. The molecule has 0 heterocycles. The van der Waals surface area contributed by atoms with Crippen LogP contribution in [0.15, 0.2) is 18.2 Å². The van der Waals surface area contributed by atoms with Crippen LogP contribution >= 0.6 is 0 Å². The number of halogens is 2. The van der Waals surface area contributed by atoms with Crippen LogP contribution in [0.1, 0.15) is 10.4 Å². The van der Waals surface area contributed by atoms with E-state index in [1.807, 2.05) is 0 Å². The lowest BCUT2D eigenvalue weighted by Crippen LogP contribution is -2.28. The predicted octanol–water partition coefficient (Wildman–Crippen LogP) is 0.796. The summed E-state index contributed by atoms with van der Waals surface area (Å²) in [7, 11) is 0. The van der Waals surface area contributed by atoms with Crippen molar-refractivity contribution in [2.75, 3.05) is 19.8 Å². The Morgan fingerprint density at radius 1 is 1.28 bits per heavy atom. The van der Waals surface area contributed by atoms with Gasteiger partial charge in [-0.05, 0) is 18.2 Å². The number of hydrogen-bond acceptors (Lipinski definition) is 3. The number of rotatable bonds is 6. The SMILES string of the molecule is O=C(O)COCCNC(=O)c1ccc(F)c(F)c1. The van der Waals surface area contributed by atoms with E-state index in [2.05, 4.69) is 10.1 Å². The summed E-state index contributed by atoms with van der Waals surface area (Å²) in [6.45, 7) is -0.367. The fraction of sp³-hybridized carbons (Fsp3) is 0.273. The summed E-state index contributed by atoms with van der Waals surface area (Å²) in [6, 6.07) is 2.78. The van der Waals surface area contributed by atoms with Crippen molar-refractivity contribution in [1.29, 1.82) is 0 Å². The van der Waals surface area contributed by atoms with E-state index in [-0.39, 0.29) is 18.7 Å². The van der Waals surface area contributed by atoms with Crippen molar-refractivity contribution in [2.24, 2.45) is 0 Å². The van der Waals surface area contributed by atoms with E-state index in [0.29, 0.717) is 0 Å². The maximum Gasteiger partial charge on any atom is 0.329 e. The van der Waals surface area contributed by atoms with Gasteiger partial charge < -0.3 is 15.2 Å². The fourth-order valence-electron chi connectivity index (χ4n) is 1.14. The number of carbonyl (C=O) groups is 2. The zero-order valence-electron chi connectivity index (χ0n) is 9.28. The maximum absolute atomic E-state index is 12.8. The molecule has 2 N–H and O–H groups in total. The highest BCUT2D eigenvalue weighted by Gasteiger charge is 2.09. The van der Waals surface area contributed by atoms with Gasteiger partial charge in [0.25, 0.3) is 5.91 Å². The Morgan fingerprint density at radius 2 is 2.00 bits per heavy atom. The molecule has 0 aliphatic carbocycles. The van der Waals surface area contributed by atoms with Gasteiger partial charge in [0.15, 0.2) is 11.6 Å². The molecule has 98 valence electrons. The first-order valence-electron chi connectivity index (χ1n) is 5.03. The van der Waals surface area contributed by atoms with Crippen LogP contribution in [-0.2, 0) is 9.53 Å². The minimum atomic E-state index is -1.11. The Hall–Kier alpha value is -2.02. The highest BCUT2D eigenvalue weighted by atomic mass is 19.2. The van der Waals surface area contributed by atoms with E-state index in [1.54, 1.807) is 0 Å². The number of aliphatic carboxylic acids is 1. The highest BCUT2D eigenvalue weighted by molar-refractivity contribution is 5.94. The first-order chi connectivity index (χ1) is 8.50.